The summed E-state index contributed by atoms with van der Waals surface area (Å²) >= 11 is 1.83. The van der Waals surface area contributed by atoms with Crippen LogP contribution in [-0.2, 0) is 11.2 Å². The van der Waals surface area contributed by atoms with Crippen LogP contribution in [0.1, 0.15) is 37.5 Å². The van der Waals surface area contributed by atoms with Crippen LogP contribution in [0, 0.1) is 0 Å². The molecule has 1 saturated heterocycles. The Labute approximate surface area is 132 Å². The van der Waals surface area contributed by atoms with Crippen LogP contribution in [0.3, 0.4) is 0 Å². The molecule has 1 aromatic rings. The van der Waals surface area contributed by atoms with Crippen molar-refractivity contribution in [1.82, 2.24) is 10.2 Å². The Morgan fingerprint density at radius 2 is 2.30 bits per heavy atom. The van der Waals surface area contributed by atoms with E-state index in [4.69, 9.17) is 0 Å². The Morgan fingerprint density at radius 3 is 3.00 bits per heavy atom. The highest BCUT2D eigenvalue weighted by molar-refractivity contribution is 7.09. The molecule has 2 heterocycles. The summed E-state index contributed by atoms with van der Waals surface area (Å²) in [5, 5.41) is 5.50. The lowest BCUT2D eigenvalue weighted by molar-refractivity contribution is -0.132. The molecule has 0 aliphatic carbocycles. The van der Waals surface area contributed by atoms with Crippen LogP contribution in [0.4, 0.5) is 0 Å². The van der Waals surface area contributed by atoms with Crippen molar-refractivity contribution in [3.8, 4) is 0 Å². The van der Waals surface area contributed by atoms with Crippen LogP contribution >= 0.6 is 23.7 Å². The average molecular weight is 317 g/mol. The maximum absolute atomic E-state index is 12.0. The van der Waals surface area contributed by atoms with Crippen LogP contribution in [-0.4, -0.2) is 36.5 Å². The second kappa shape index (κ2) is 9.37. The smallest absolute Gasteiger partial charge is 0.222 e. The van der Waals surface area contributed by atoms with E-state index in [2.05, 4.69) is 29.8 Å². The maximum atomic E-state index is 12.0. The number of carbonyl (C=O) groups excluding carboxylic acids is 1. The van der Waals surface area contributed by atoms with Crippen LogP contribution in [0.25, 0.3) is 0 Å². The zero-order chi connectivity index (χ0) is 13.5. The lowest BCUT2D eigenvalue weighted by atomic mass is 10.1. The minimum atomic E-state index is 0. The minimum Gasteiger partial charge on any atom is -0.340 e. The van der Waals surface area contributed by atoms with Crippen molar-refractivity contribution in [3.63, 3.8) is 0 Å². The number of unbranched alkanes of at least 4 members (excludes halogenated alkanes) is 2. The van der Waals surface area contributed by atoms with Gasteiger partial charge in [-0.2, -0.15) is 0 Å². The standard InChI is InChI=1S/C15H24N2OS.ClH/c1-13-12-17(10-9-16-13)15(18)8-4-2-3-6-14-7-5-11-19-14;/h5,7,11,13,16H,2-4,6,8-10,12H2,1H3;1H. The normalized spacial score (nSPS) is 18.6. The van der Waals surface area contributed by atoms with Crippen LogP contribution in [0.5, 0.6) is 0 Å². The molecule has 1 N–H and O–H groups in total. The molecule has 20 heavy (non-hydrogen) atoms. The minimum absolute atomic E-state index is 0. The molecule has 0 spiro atoms. The monoisotopic (exact) mass is 316 g/mol. The van der Waals surface area contributed by atoms with Gasteiger partial charge in [-0.05, 0) is 37.6 Å². The van der Waals surface area contributed by atoms with Crippen molar-refractivity contribution in [3.05, 3.63) is 22.4 Å². The highest BCUT2D eigenvalue weighted by Gasteiger charge is 2.19. The summed E-state index contributed by atoms with van der Waals surface area (Å²) in [4.78, 5) is 15.5. The third-order valence-corrected chi connectivity index (χ3v) is 4.55. The second-order valence-electron chi connectivity index (χ2n) is 5.33. The van der Waals surface area contributed by atoms with Gasteiger partial charge in [-0.25, -0.2) is 0 Å². The molecule has 1 atom stereocenters. The first kappa shape index (κ1) is 17.5. The van der Waals surface area contributed by atoms with E-state index in [-0.39, 0.29) is 12.4 Å². The second-order valence-corrected chi connectivity index (χ2v) is 6.37. The van der Waals surface area contributed by atoms with Gasteiger partial charge in [-0.3, -0.25) is 4.79 Å². The number of hydrogen-bond acceptors (Lipinski definition) is 3. The lowest BCUT2D eigenvalue weighted by Crippen LogP contribution is -2.51. The average Bonchev–Trinajstić information content (AvgIpc) is 2.91. The molecular weight excluding hydrogens is 292 g/mol. The Kier molecular flexibility index (Phi) is 8.19. The van der Waals surface area contributed by atoms with Crippen molar-refractivity contribution < 1.29 is 4.79 Å². The van der Waals surface area contributed by atoms with Gasteiger partial charge in [0, 0.05) is 37.0 Å². The van der Waals surface area contributed by atoms with Gasteiger partial charge in [0.15, 0.2) is 0 Å². The fraction of sp³-hybridized carbons (Fsp3) is 0.667. The van der Waals surface area contributed by atoms with Gasteiger partial charge in [0.1, 0.15) is 0 Å². The zero-order valence-electron chi connectivity index (χ0n) is 12.1. The lowest BCUT2D eigenvalue weighted by Gasteiger charge is -2.32. The zero-order valence-corrected chi connectivity index (χ0v) is 13.8. The third kappa shape index (κ3) is 5.81. The Balaban J connectivity index is 0.00000200. The van der Waals surface area contributed by atoms with Crippen molar-refractivity contribution in [1.29, 1.82) is 0 Å². The molecule has 1 aliphatic heterocycles. The first-order valence-corrected chi connectivity index (χ1v) is 8.17. The van der Waals surface area contributed by atoms with Gasteiger partial charge in [-0.1, -0.05) is 12.5 Å². The predicted octanol–water partition coefficient (Wildman–Crippen LogP) is 3.09. The number of thiophene rings is 1. The number of nitrogens with zero attached hydrogens (tertiary/aromatic N) is 1. The maximum Gasteiger partial charge on any atom is 0.222 e. The van der Waals surface area contributed by atoms with Gasteiger partial charge >= 0.3 is 0 Å². The molecule has 1 fully saturated rings. The number of nitrogens with one attached hydrogen (secondary N) is 1. The molecule has 114 valence electrons. The molecule has 1 aromatic heterocycles. The van der Waals surface area contributed by atoms with Crippen molar-refractivity contribution in [2.75, 3.05) is 19.6 Å². The molecule has 0 radical (unpaired) electrons. The van der Waals surface area contributed by atoms with E-state index in [1.165, 1.54) is 11.3 Å². The predicted molar refractivity (Wildman–Crippen MR) is 87.8 cm³/mol. The number of aryl methyl sites for hydroxylation is 1. The van der Waals surface area contributed by atoms with Gasteiger partial charge < -0.3 is 10.2 Å². The molecule has 5 heteroatoms. The molecule has 0 aromatic carbocycles. The number of amides is 1. The summed E-state index contributed by atoms with van der Waals surface area (Å²) < 4.78 is 0. The van der Waals surface area contributed by atoms with Crippen LogP contribution < -0.4 is 5.32 Å². The van der Waals surface area contributed by atoms with E-state index in [9.17, 15) is 4.79 Å². The molecule has 2 rings (SSSR count). The third-order valence-electron chi connectivity index (χ3n) is 3.62. The number of piperazine rings is 1. The Bertz CT molecular complexity index is 383. The summed E-state index contributed by atoms with van der Waals surface area (Å²) in [5.41, 5.74) is 0. The molecule has 3 nitrogen and oxygen atoms in total. The number of rotatable bonds is 6. The number of carbonyl (C=O) groups is 1. The van der Waals surface area contributed by atoms with E-state index in [0.29, 0.717) is 11.9 Å². The molecular formula is C15H25ClN2OS. The first-order valence-electron chi connectivity index (χ1n) is 7.29. The fourth-order valence-electron chi connectivity index (χ4n) is 2.52. The summed E-state index contributed by atoms with van der Waals surface area (Å²) in [5.74, 6) is 0.337. The largest absolute Gasteiger partial charge is 0.340 e. The highest BCUT2D eigenvalue weighted by atomic mass is 35.5. The van der Waals surface area contributed by atoms with Crippen molar-refractivity contribution in [2.24, 2.45) is 0 Å². The summed E-state index contributed by atoms with van der Waals surface area (Å²) in [7, 11) is 0. The number of hydrogen-bond donors (Lipinski definition) is 1. The van der Waals surface area contributed by atoms with Gasteiger partial charge in [-0.15, -0.1) is 23.7 Å². The molecule has 0 saturated carbocycles. The van der Waals surface area contributed by atoms with Crippen molar-refractivity contribution in [2.45, 2.75) is 45.1 Å². The number of halogens is 1. The quantitative estimate of drug-likeness (QED) is 0.818. The van der Waals surface area contributed by atoms with E-state index in [0.717, 1.165) is 45.3 Å². The molecule has 1 aliphatic rings. The Hall–Kier alpha value is -0.580. The van der Waals surface area contributed by atoms with Crippen LogP contribution in [0.15, 0.2) is 17.5 Å². The van der Waals surface area contributed by atoms with Gasteiger partial charge in [0.2, 0.25) is 5.91 Å². The molecule has 1 amide bonds. The summed E-state index contributed by atoms with van der Waals surface area (Å²) in [6.45, 7) is 4.82. The van der Waals surface area contributed by atoms with Gasteiger partial charge in [0.25, 0.3) is 0 Å². The molecule has 0 bridgehead atoms. The topological polar surface area (TPSA) is 32.3 Å². The van der Waals surface area contributed by atoms with E-state index in [1.54, 1.807) is 0 Å². The summed E-state index contributed by atoms with van der Waals surface area (Å²) in [6, 6.07) is 4.74. The summed E-state index contributed by atoms with van der Waals surface area (Å²) in [6.07, 6.45) is 5.27. The van der Waals surface area contributed by atoms with E-state index >= 15 is 0 Å². The van der Waals surface area contributed by atoms with E-state index in [1.807, 2.05) is 16.2 Å². The molecule has 1 unspecified atom stereocenters. The highest BCUT2D eigenvalue weighted by Crippen LogP contribution is 2.13. The van der Waals surface area contributed by atoms with E-state index < -0.39 is 0 Å². The first-order chi connectivity index (χ1) is 9.25. The Morgan fingerprint density at radius 1 is 1.45 bits per heavy atom. The van der Waals surface area contributed by atoms with Gasteiger partial charge in [0.05, 0.1) is 0 Å². The van der Waals surface area contributed by atoms with Crippen molar-refractivity contribution >= 4 is 29.7 Å². The fourth-order valence-corrected chi connectivity index (χ4v) is 3.28. The van der Waals surface area contributed by atoms with Crippen LogP contribution in [0.2, 0.25) is 0 Å². The SMILES string of the molecule is CC1CN(C(=O)CCCCCc2cccs2)CCN1.Cl.